The quantitative estimate of drug-likeness (QED) is 0.864. The average molecular weight is 267 g/mol. The Kier molecular flexibility index (Phi) is 3.66. The molecule has 0 fully saturated rings. The number of rotatable bonds is 4. The second-order valence-electron chi connectivity index (χ2n) is 3.48. The largest absolute Gasteiger partial charge is 0.462 e. The van der Waals surface area contributed by atoms with Crippen LogP contribution in [0.2, 0.25) is 0 Å². The number of ether oxygens (including phenoxy) is 2. The van der Waals surface area contributed by atoms with E-state index in [2.05, 4.69) is 4.98 Å². The molecule has 0 atom stereocenters. The smallest absolute Gasteiger partial charge is 0.355 e. The second kappa shape index (κ2) is 5.22. The van der Waals surface area contributed by atoms with E-state index in [9.17, 15) is 9.59 Å². The standard InChI is InChI=1S/C12H13NO4S/c1-3-16-11(14)8-9(12(15)17-4-2)13-7-5-6-18-10(7)8/h5-6,13H,3-4H2,1-2H3. The summed E-state index contributed by atoms with van der Waals surface area (Å²) in [6.45, 7) is 3.96. The molecule has 0 spiro atoms. The van der Waals surface area contributed by atoms with Crippen molar-refractivity contribution < 1.29 is 19.1 Å². The second-order valence-corrected chi connectivity index (χ2v) is 4.40. The molecule has 0 amide bonds. The lowest BCUT2D eigenvalue weighted by molar-refractivity contribution is 0.0477. The van der Waals surface area contributed by atoms with Gasteiger partial charge in [0.05, 0.1) is 23.4 Å². The monoisotopic (exact) mass is 267 g/mol. The average Bonchev–Trinajstić information content (AvgIpc) is 2.88. The first-order chi connectivity index (χ1) is 8.69. The molecule has 0 unspecified atom stereocenters. The number of hydrogen-bond donors (Lipinski definition) is 1. The minimum absolute atomic E-state index is 0.164. The van der Waals surface area contributed by atoms with Crippen LogP contribution in [-0.4, -0.2) is 30.1 Å². The number of nitrogens with one attached hydrogen (secondary N) is 1. The highest BCUT2D eigenvalue weighted by Gasteiger charge is 2.25. The summed E-state index contributed by atoms with van der Waals surface area (Å²) in [6.07, 6.45) is 0. The van der Waals surface area contributed by atoms with Crippen molar-refractivity contribution in [2.45, 2.75) is 13.8 Å². The Labute approximate surface area is 108 Å². The number of aromatic amines is 1. The van der Waals surface area contributed by atoms with E-state index in [1.54, 1.807) is 13.8 Å². The van der Waals surface area contributed by atoms with Crippen molar-refractivity contribution in [2.24, 2.45) is 0 Å². The molecule has 0 saturated heterocycles. The summed E-state index contributed by atoms with van der Waals surface area (Å²) in [6, 6.07) is 1.81. The van der Waals surface area contributed by atoms with Crippen molar-refractivity contribution in [1.29, 1.82) is 0 Å². The van der Waals surface area contributed by atoms with Crippen molar-refractivity contribution in [3.05, 3.63) is 22.7 Å². The summed E-state index contributed by atoms with van der Waals surface area (Å²) >= 11 is 1.38. The van der Waals surface area contributed by atoms with E-state index in [1.807, 2.05) is 11.4 Å². The summed E-state index contributed by atoms with van der Waals surface area (Å²) in [4.78, 5) is 26.6. The number of carbonyl (C=O) groups excluding carboxylic acids is 2. The summed E-state index contributed by atoms with van der Waals surface area (Å²) < 4.78 is 10.6. The third kappa shape index (κ3) is 2.11. The highest BCUT2D eigenvalue weighted by Crippen LogP contribution is 2.28. The maximum Gasteiger partial charge on any atom is 0.355 e. The number of hydrogen-bond acceptors (Lipinski definition) is 5. The molecular weight excluding hydrogens is 254 g/mol. The van der Waals surface area contributed by atoms with Crippen LogP contribution >= 0.6 is 11.3 Å². The molecule has 2 aromatic rings. The third-order valence-electron chi connectivity index (χ3n) is 2.36. The van der Waals surface area contributed by atoms with E-state index in [4.69, 9.17) is 9.47 Å². The van der Waals surface area contributed by atoms with Crippen LogP contribution in [0.1, 0.15) is 34.7 Å². The minimum Gasteiger partial charge on any atom is -0.462 e. The maximum atomic E-state index is 11.9. The topological polar surface area (TPSA) is 68.4 Å². The molecule has 0 aliphatic heterocycles. The Balaban J connectivity index is 2.51. The Morgan fingerprint density at radius 2 is 1.89 bits per heavy atom. The van der Waals surface area contributed by atoms with Gasteiger partial charge in [0.2, 0.25) is 0 Å². The number of carbonyl (C=O) groups is 2. The lowest BCUT2D eigenvalue weighted by Gasteiger charge is -2.03. The van der Waals surface area contributed by atoms with Gasteiger partial charge in [-0.05, 0) is 25.3 Å². The third-order valence-corrected chi connectivity index (χ3v) is 3.29. The van der Waals surface area contributed by atoms with Crippen molar-refractivity contribution in [1.82, 2.24) is 4.98 Å². The predicted octanol–water partition coefficient (Wildman–Crippen LogP) is 2.58. The van der Waals surface area contributed by atoms with Gasteiger partial charge in [-0.2, -0.15) is 0 Å². The molecule has 0 aliphatic carbocycles. The number of aromatic nitrogens is 1. The zero-order valence-corrected chi connectivity index (χ0v) is 10.9. The molecule has 2 heterocycles. The lowest BCUT2D eigenvalue weighted by Crippen LogP contribution is -2.13. The maximum absolute atomic E-state index is 11.9. The van der Waals surface area contributed by atoms with E-state index in [0.717, 1.165) is 10.2 Å². The Bertz CT molecular complexity index is 584. The first-order valence-electron chi connectivity index (χ1n) is 5.62. The fourth-order valence-electron chi connectivity index (χ4n) is 1.67. The zero-order valence-electron chi connectivity index (χ0n) is 10.1. The predicted molar refractivity (Wildman–Crippen MR) is 68.1 cm³/mol. The van der Waals surface area contributed by atoms with Gasteiger partial charge in [-0.1, -0.05) is 0 Å². The van der Waals surface area contributed by atoms with Gasteiger partial charge < -0.3 is 14.5 Å². The molecule has 1 N–H and O–H groups in total. The van der Waals surface area contributed by atoms with Gasteiger partial charge in [0, 0.05) is 0 Å². The molecule has 0 saturated carbocycles. The van der Waals surface area contributed by atoms with Gasteiger partial charge in [0.15, 0.2) is 0 Å². The fourth-order valence-corrected chi connectivity index (χ4v) is 2.56. The minimum atomic E-state index is -0.538. The Morgan fingerprint density at radius 3 is 2.56 bits per heavy atom. The summed E-state index contributed by atoms with van der Waals surface area (Å²) in [5.41, 5.74) is 1.17. The summed E-state index contributed by atoms with van der Waals surface area (Å²) in [5.74, 6) is -1.04. The van der Waals surface area contributed by atoms with Crippen LogP contribution < -0.4 is 0 Å². The lowest BCUT2D eigenvalue weighted by atomic mass is 10.2. The van der Waals surface area contributed by atoms with Crippen molar-refractivity contribution in [2.75, 3.05) is 13.2 Å². The molecular formula is C12H13NO4S. The normalized spacial score (nSPS) is 10.6. The van der Waals surface area contributed by atoms with E-state index >= 15 is 0 Å². The SMILES string of the molecule is CCOC(=O)c1[nH]c2ccsc2c1C(=O)OCC. The first-order valence-corrected chi connectivity index (χ1v) is 6.50. The molecule has 96 valence electrons. The van der Waals surface area contributed by atoms with Crippen LogP contribution in [0.15, 0.2) is 11.4 Å². The van der Waals surface area contributed by atoms with Crippen LogP contribution in [0.5, 0.6) is 0 Å². The van der Waals surface area contributed by atoms with E-state index in [0.29, 0.717) is 0 Å². The van der Waals surface area contributed by atoms with Gasteiger partial charge in [-0.3, -0.25) is 0 Å². The van der Waals surface area contributed by atoms with Crippen LogP contribution in [0.25, 0.3) is 10.2 Å². The Morgan fingerprint density at radius 1 is 1.22 bits per heavy atom. The molecule has 2 rings (SSSR count). The molecule has 0 aliphatic rings. The highest BCUT2D eigenvalue weighted by atomic mass is 32.1. The summed E-state index contributed by atoms with van der Waals surface area (Å²) in [7, 11) is 0. The molecule has 2 aromatic heterocycles. The number of H-pyrrole nitrogens is 1. The van der Waals surface area contributed by atoms with Gasteiger partial charge in [0.25, 0.3) is 0 Å². The molecule has 18 heavy (non-hydrogen) atoms. The summed E-state index contributed by atoms with van der Waals surface area (Å²) in [5, 5.41) is 1.85. The number of esters is 2. The van der Waals surface area contributed by atoms with Crippen molar-refractivity contribution >= 4 is 33.5 Å². The van der Waals surface area contributed by atoms with Gasteiger partial charge in [-0.25, -0.2) is 9.59 Å². The van der Waals surface area contributed by atoms with Crippen molar-refractivity contribution in [3.8, 4) is 0 Å². The van der Waals surface area contributed by atoms with Crippen molar-refractivity contribution in [3.63, 3.8) is 0 Å². The Hall–Kier alpha value is -1.82. The van der Waals surface area contributed by atoms with Gasteiger partial charge in [-0.15, -0.1) is 11.3 Å². The van der Waals surface area contributed by atoms with Gasteiger partial charge in [0.1, 0.15) is 11.3 Å². The zero-order chi connectivity index (χ0) is 13.1. The fraction of sp³-hybridized carbons (Fsp3) is 0.333. The molecule has 5 nitrogen and oxygen atoms in total. The van der Waals surface area contributed by atoms with E-state index in [-0.39, 0.29) is 24.5 Å². The van der Waals surface area contributed by atoms with Crippen LogP contribution in [0, 0.1) is 0 Å². The number of fused-ring (bicyclic) bond motifs is 1. The van der Waals surface area contributed by atoms with E-state index < -0.39 is 11.9 Å². The van der Waals surface area contributed by atoms with Crippen LogP contribution in [-0.2, 0) is 9.47 Å². The van der Waals surface area contributed by atoms with E-state index in [1.165, 1.54) is 11.3 Å². The highest BCUT2D eigenvalue weighted by molar-refractivity contribution is 7.17. The molecule has 6 heteroatoms. The number of thiophene rings is 1. The van der Waals surface area contributed by atoms with Gasteiger partial charge >= 0.3 is 11.9 Å². The first kappa shape index (κ1) is 12.6. The molecule has 0 aromatic carbocycles. The molecule has 0 radical (unpaired) electrons. The van der Waals surface area contributed by atoms with Crippen LogP contribution in [0.4, 0.5) is 0 Å². The molecule has 0 bridgehead atoms. The van der Waals surface area contributed by atoms with Crippen LogP contribution in [0.3, 0.4) is 0 Å².